The van der Waals surface area contributed by atoms with E-state index in [2.05, 4.69) is 98.8 Å². The summed E-state index contributed by atoms with van der Waals surface area (Å²) in [4.78, 5) is 0. The van der Waals surface area contributed by atoms with Crippen molar-refractivity contribution in [1.29, 1.82) is 0 Å². The van der Waals surface area contributed by atoms with Crippen LogP contribution in [-0.4, -0.2) is 0 Å². The lowest BCUT2D eigenvalue weighted by molar-refractivity contribution is 0.867. The highest BCUT2D eigenvalue weighted by molar-refractivity contribution is 5.20. The largest absolute Gasteiger partial charge is 0.0622 e. The third-order valence-corrected chi connectivity index (χ3v) is 3.85. The molecular formula is C23H26. The van der Waals surface area contributed by atoms with Crippen LogP contribution in [-0.2, 0) is 12.8 Å². The van der Waals surface area contributed by atoms with E-state index in [0.29, 0.717) is 5.92 Å². The van der Waals surface area contributed by atoms with Gasteiger partial charge in [0.1, 0.15) is 0 Å². The number of aryl methyl sites for hydroxylation is 2. The number of hydrogen-bond acceptors (Lipinski definition) is 0. The van der Waals surface area contributed by atoms with Crippen molar-refractivity contribution in [2.75, 3.05) is 0 Å². The summed E-state index contributed by atoms with van der Waals surface area (Å²) in [6.45, 7) is 4.41. The maximum absolute atomic E-state index is 2.20. The number of rotatable bonds is 4. The monoisotopic (exact) mass is 302 g/mol. The summed E-state index contributed by atoms with van der Waals surface area (Å²) in [5, 5.41) is 0. The van der Waals surface area contributed by atoms with Gasteiger partial charge < -0.3 is 0 Å². The van der Waals surface area contributed by atoms with E-state index in [0.717, 1.165) is 12.8 Å². The molecule has 0 aliphatic heterocycles. The van der Waals surface area contributed by atoms with E-state index in [4.69, 9.17) is 0 Å². The lowest BCUT2D eigenvalue weighted by Gasteiger charge is -2.01. The Kier molecular flexibility index (Phi) is 7.13. The molecule has 0 aliphatic carbocycles. The summed E-state index contributed by atoms with van der Waals surface area (Å²) in [6, 6.07) is 31.8. The van der Waals surface area contributed by atoms with Gasteiger partial charge in [-0.1, -0.05) is 105 Å². The van der Waals surface area contributed by atoms with Crippen LogP contribution < -0.4 is 0 Å². The van der Waals surface area contributed by atoms with Crippen molar-refractivity contribution in [3.05, 3.63) is 108 Å². The minimum atomic E-state index is 0.659. The van der Waals surface area contributed by atoms with Crippen LogP contribution in [0.2, 0.25) is 0 Å². The van der Waals surface area contributed by atoms with Gasteiger partial charge in [0, 0.05) is 0 Å². The molecule has 0 amide bonds. The summed E-state index contributed by atoms with van der Waals surface area (Å²) in [5.74, 6) is 0.659. The highest BCUT2D eigenvalue weighted by Gasteiger charge is 1.94. The molecule has 3 aromatic carbocycles. The lowest BCUT2D eigenvalue weighted by atomic mass is 10.0. The fraction of sp³-hybridized carbons (Fsp3) is 0.217. The van der Waals surface area contributed by atoms with Gasteiger partial charge in [0.15, 0.2) is 0 Å². The summed E-state index contributed by atoms with van der Waals surface area (Å²) < 4.78 is 0. The highest BCUT2D eigenvalue weighted by Crippen LogP contribution is 2.11. The van der Waals surface area contributed by atoms with E-state index in [1.165, 1.54) is 16.7 Å². The Hall–Kier alpha value is -2.34. The third kappa shape index (κ3) is 6.52. The van der Waals surface area contributed by atoms with Crippen molar-refractivity contribution < 1.29 is 0 Å². The second-order valence-corrected chi connectivity index (χ2v) is 6.04. The van der Waals surface area contributed by atoms with Crippen molar-refractivity contribution in [2.24, 2.45) is 0 Å². The first-order valence-electron chi connectivity index (χ1n) is 8.38. The minimum absolute atomic E-state index is 0.659. The molecule has 0 unspecified atom stereocenters. The lowest BCUT2D eigenvalue weighted by Crippen LogP contribution is -1.89. The first-order chi connectivity index (χ1) is 11.3. The van der Waals surface area contributed by atoms with Gasteiger partial charge in [-0.05, 0) is 35.4 Å². The zero-order valence-corrected chi connectivity index (χ0v) is 14.2. The summed E-state index contributed by atoms with van der Waals surface area (Å²) >= 11 is 0. The molecule has 0 N–H and O–H groups in total. The Labute approximate surface area is 140 Å². The van der Waals surface area contributed by atoms with Crippen LogP contribution in [0.1, 0.15) is 36.5 Å². The first-order valence-corrected chi connectivity index (χ1v) is 8.38. The summed E-state index contributed by atoms with van der Waals surface area (Å²) in [6.07, 6.45) is 2.26. The van der Waals surface area contributed by atoms with Gasteiger partial charge in [-0.2, -0.15) is 0 Å². The molecule has 0 bridgehead atoms. The smallest absolute Gasteiger partial charge is 0.0219 e. The molecule has 0 saturated carbocycles. The average Bonchev–Trinajstić information content (AvgIpc) is 2.63. The Morgan fingerprint density at radius 2 is 0.870 bits per heavy atom. The van der Waals surface area contributed by atoms with E-state index < -0.39 is 0 Å². The van der Waals surface area contributed by atoms with Crippen molar-refractivity contribution in [2.45, 2.75) is 32.6 Å². The highest BCUT2D eigenvalue weighted by atomic mass is 14.0. The zero-order chi connectivity index (χ0) is 16.3. The van der Waals surface area contributed by atoms with Gasteiger partial charge in [-0.3, -0.25) is 0 Å². The molecule has 0 heteroatoms. The minimum Gasteiger partial charge on any atom is -0.0622 e. The van der Waals surface area contributed by atoms with Crippen LogP contribution in [0.15, 0.2) is 91.0 Å². The van der Waals surface area contributed by atoms with Gasteiger partial charge >= 0.3 is 0 Å². The number of hydrogen-bond donors (Lipinski definition) is 0. The molecule has 0 atom stereocenters. The summed E-state index contributed by atoms with van der Waals surface area (Å²) in [5.41, 5.74) is 4.24. The molecule has 3 aromatic rings. The molecule has 0 heterocycles. The molecule has 0 aliphatic rings. The normalized spacial score (nSPS) is 10.0. The van der Waals surface area contributed by atoms with Gasteiger partial charge in [0.25, 0.3) is 0 Å². The van der Waals surface area contributed by atoms with Crippen molar-refractivity contribution in [3.63, 3.8) is 0 Å². The SMILES string of the molecule is CC(C)c1ccccc1.c1ccc(CCc2ccccc2)cc1. The second kappa shape index (κ2) is 9.63. The van der Waals surface area contributed by atoms with Crippen LogP contribution in [0.5, 0.6) is 0 Å². The predicted molar refractivity (Wildman–Crippen MR) is 101 cm³/mol. The van der Waals surface area contributed by atoms with Crippen LogP contribution >= 0.6 is 0 Å². The molecule has 0 saturated heterocycles. The van der Waals surface area contributed by atoms with E-state index in [9.17, 15) is 0 Å². The van der Waals surface area contributed by atoms with Crippen LogP contribution in [0.4, 0.5) is 0 Å². The fourth-order valence-electron chi connectivity index (χ4n) is 2.42. The quantitative estimate of drug-likeness (QED) is 0.532. The van der Waals surface area contributed by atoms with E-state index >= 15 is 0 Å². The van der Waals surface area contributed by atoms with E-state index in [1.807, 2.05) is 6.07 Å². The van der Waals surface area contributed by atoms with Gasteiger partial charge in [-0.15, -0.1) is 0 Å². The van der Waals surface area contributed by atoms with Gasteiger partial charge in [0.05, 0.1) is 0 Å². The molecule has 3 rings (SSSR count). The Bertz CT molecular complexity index is 600. The molecule has 23 heavy (non-hydrogen) atoms. The molecule has 0 nitrogen and oxygen atoms in total. The first kappa shape index (κ1) is 17.0. The maximum Gasteiger partial charge on any atom is -0.0219 e. The van der Waals surface area contributed by atoms with Crippen LogP contribution in [0.25, 0.3) is 0 Å². The van der Waals surface area contributed by atoms with E-state index in [1.54, 1.807) is 0 Å². The molecular weight excluding hydrogens is 276 g/mol. The zero-order valence-electron chi connectivity index (χ0n) is 14.2. The van der Waals surface area contributed by atoms with Crippen LogP contribution in [0, 0.1) is 0 Å². The molecule has 0 spiro atoms. The van der Waals surface area contributed by atoms with Crippen LogP contribution in [0.3, 0.4) is 0 Å². The van der Waals surface area contributed by atoms with Gasteiger partial charge in [-0.25, -0.2) is 0 Å². The van der Waals surface area contributed by atoms with Crippen molar-refractivity contribution >= 4 is 0 Å². The Balaban J connectivity index is 0.000000185. The van der Waals surface area contributed by atoms with Crippen molar-refractivity contribution in [3.8, 4) is 0 Å². The molecule has 0 fully saturated rings. The Morgan fingerprint density at radius 3 is 1.17 bits per heavy atom. The van der Waals surface area contributed by atoms with E-state index in [-0.39, 0.29) is 0 Å². The van der Waals surface area contributed by atoms with Crippen molar-refractivity contribution in [1.82, 2.24) is 0 Å². The predicted octanol–water partition coefficient (Wildman–Crippen LogP) is 6.28. The molecule has 118 valence electrons. The standard InChI is InChI=1S/C14H14.C9H12/c1-3-7-13(8-4-1)11-12-14-9-5-2-6-10-14;1-8(2)9-6-4-3-5-7-9/h1-10H,11-12H2;3-8H,1-2H3. The second-order valence-electron chi connectivity index (χ2n) is 6.04. The molecule has 0 radical (unpaired) electrons. The average molecular weight is 302 g/mol. The molecule has 0 aromatic heterocycles. The fourth-order valence-corrected chi connectivity index (χ4v) is 2.42. The summed E-state index contributed by atoms with van der Waals surface area (Å²) in [7, 11) is 0. The maximum atomic E-state index is 2.20. The van der Waals surface area contributed by atoms with Gasteiger partial charge in [0.2, 0.25) is 0 Å². The third-order valence-electron chi connectivity index (χ3n) is 3.85. The topological polar surface area (TPSA) is 0 Å². The number of benzene rings is 3. The Morgan fingerprint density at radius 1 is 0.522 bits per heavy atom.